The highest BCUT2D eigenvalue weighted by Crippen LogP contribution is 2.46. The first-order chi connectivity index (χ1) is 15.1. The number of rotatable bonds is 7. The fraction of sp³-hybridized carbons (Fsp3) is 0.682. The molecule has 0 bridgehead atoms. The van der Waals surface area contributed by atoms with Crippen LogP contribution in [0.5, 0.6) is 0 Å². The highest BCUT2D eigenvalue weighted by molar-refractivity contribution is 6.77. The zero-order valence-corrected chi connectivity index (χ0v) is 20.9. The van der Waals surface area contributed by atoms with Crippen molar-refractivity contribution in [2.75, 3.05) is 0 Å². The number of aromatic amines is 1. The molecule has 176 valence electrons. The molecule has 10 heteroatoms. The lowest BCUT2D eigenvalue weighted by Crippen LogP contribution is -2.53. The second-order valence-electron chi connectivity index (χ2n) is 9.76. The Morgan fingerprint density at radius 3 is 2.44 bits per heavy atom. The molecule has 0 spiro atoms. The average molecular weight is 462 g/mol. The van der Waals surface area contributed by atoms with Crippen molar-refractivity contribution in [3.05, 3.63) is 29.1 Å². The Labute approximate surface area is 188 Å². The second kappa shape index (κ2) is 8.40. The number of nitrogens with one attached hydrogen (secondary N) is 1. The zero-order chi connectivity index (χ0) is 23.4. The molecule has 1 aliphatic heterocycles. The molecule has 0 unspecified atom stereocenters. The molecular formula is C22H35N5O4Si. The van der Waals surface area contributed by atoms with E-state index in [9.17, 15) is 9.90 Å². The molecule has 0 aromatic carbocycles. The standard InChI is InChI=1S/C22H35N5O4Si/c1-8-15-17(28)18(31-32(12(2)3,13(4)5)14(6)7)21(30-15)27-11-24-16-19(29)25-22-23-9-10-26(22)20(16)27/h9-15,17-18,21,28H,8H2,1-7H3,(H,23,25,29)/t15-,17-,18-,21-/m1/s1. The zero-order valence-electron chi connectivity index (χ0n) is 19.9. The summed E-state index contributed by atoms with van der Waals surface area (Å²) >= 11 is 0. The summed E-state index contributed by atoms with van der Waals surface area (Å²) in [5.74, 6) is 0.433. The number of aliphatic hydroxyl groups excluding tert-OH is 1. The van der Waals surface area contributed by atoms with Crippen LogP contribution < -0.4 is 5.56 Å². The van der Waals surface area contributed by atoms with Crippen LogP contribution in [-0.4, -0.2) is 55.7 Å². The molecule has 32 heavy (non-hydrogen) atoms. The Morgan fingerprint density at radius 2 is 1.84 bits per heavy atom. The third-order valence-corrected chi connectivity index (χ3v) is 13.2. The Morgan fingerprint density at radius 1 is 1.19 bits per heavy atom. The van der Waals surface area contributed by atoms with Gasteiger partial charge in [-0.2, -0.15) is 0 Å². The van der Waals surface area contributed by atoms with Gasteiger partial charge in [-0.15, -0.1) is 0 Å². The van der Waals surface area contributed by atoms with Crippen molar-refractivity contribution in [3.63, 3.8) is 0 Å². The summed E-state index contributed by atoms with van der Waals surface area (Å²) in [6, 6.07) is 0. The number of H-pyrrole nitrogens is 1. The van der Waals surface area contributed by atoms with Gasteiger partial charge in [-0.25, -0.2) is 9.97 Å². The molecule has 2 N–H and O–H groups in total. The van der Waals surface area contributed by atoms with Gasteiger partial charge in [0.05, 0.1) is 12.4 Å². The minimum atomic E-state index is -2.31. The number of fused-ring (bicyclic) bond motifs is 3. The summed E-state index contributed by atoms with van der Waals surface area (Å²) in [6.07, 6.45) is 3.37. The van der Waals surface area contributed by atoms with Gasteiger partial charge >= 0.3 is 0 Å². The number of hydrogen-bond acceptors (Lipinski definition) is 6. The Hall–Kier alpha value is -2.01. The molecule has 4 heterocycles. The van der Waals surface area contributed by atoms with Gasteiger partial charge in [0.2, 0.25) is 14.1 Å². The van der Waals surface area contributed by atoms with Crippen LogP contribution in [0, 0.1) is 0 Å². The third-order valence-electron chi connectivity index (χ3n) is 7.11. The highest BCUT2D eigenvalue weighted by atomic mass is 28.4. The van der Waals surface area contributed by atoms with Gasteiger partial charge in [-0.05, 0) is 23.0 Å². The van der Waals surface area contributed by atoms with Gasteiger partial charge in [0.15, 0.2) is 17.4 Å². The lowest BCUT2D eigenvalue weighted by molar-refractivity contribution is -0.0333. The minimum Gasteiger partial charge on any atom is -0.406 e. The summed E-state index contributed by atoms with van der Waals surface area (Å²) < 4.78 is 17.0. The maximum Gasteiger partial charge on any atom is 0.280 e. The lowest BCUT2D eigenvalue weighted by Gasteiger charge is -2.45. The molecule has 1 aliphatic rings. The van der Waals surface area contributed by atoms with Gasteiger partial charge < -0.3 is 14.3 Å². The molecule has 0 amide bonds. The van der Waals surface area contributed by atoms with E-state index in [2.05, 4.69) is 56.5 Å². The van der Waals surface area contributed by atoms with E-state index in [0.29, 0.717) is 40.0 Å². The van der Waals surface area contributed by atoms with Crippen molar-refractivity contribution >= 4 is 25.3 Å². The first-order valence-electron chi connectivity index (χ1n) is 11.6. The third kappa shape index (κ3) is 3.35. The summed E-state index contributed by atoms with van der Waals surface area (Å²) in [6.45, 7) is 15.3. The molecule has 0 saturated carbocycles. The molecule has 9 nitrogen and oxygen atoms in total. The highest BCUT2D eigenvalue weighted by Gasteiger charge is 2.53. The van der Waals surface area contributed by atoms with E-state index in [4.69, 9.17) is 9.16 Å². The number of ether oxygens (including phenoxy) is 1. The van der Waals surface area contributed by atoms with Crippen molar-refractivity contribution in [1.82, 2.24) is 23.9 Å². The predicted octanol–water partition coefficient (Wildman–Crippen LogP) is 3.60. The second-order valence-corrected chi connectivity index (χ2v) is 15.2. The van der Waals surface area contributed by atoms with E-state index in [0.717, 1.165) is 0 Å². The van der Waals surface area contributed by atoms with Gasteiger partial charge in [-0.1, -0.05) is 48.5 Å². The van der Waals surface area contributed by atoms with Crippen LogP contribution in [-0.2, 0) is 9.16 Å². The van der Waals surface area contributed by atoms with Gasteiger partial charge in [-0.3, -0.25) is 18.7 Å². The normalized spacial score (nSPS) is 24.7. The molecule has 3 aromatic rings. The smallest absolute Gasteiger partial charge is 0.280 e. The molecule has 0 aliphatic carbocycles. The lowest BCUT2D eigenvalue weighted by atomic mass is 10.1. The Kier molecular flexibility index (Phi) is 6.08. The van der Waals surface area contributed by atoms with Crippen LogP contribution in [0.15, 0.2) is 23.5 Å². The first-order valence-corrected chi connectivity index (χ1v) is 13.7. The van der Waals surface area contributed by atoms with Crippen LogP contribution in [0.1, 0.15) is 61.1 Å². The summed E-state index contributed by atoms with van der Waals surface area (Å²) in [7, 11) is -2.31. The van der Waals surface area contributed by atoms with Crippen molar-refractivity contribution in [2.45, 2.75) is 96.1 Å². The maximum absolute atomic E-state index is 12.6. The van der Waals surface area contributed by atoms with Crippen molar-refractivity contribution in [2.24, 2.45) is 0 Å². The van der Waals surface area contributed by atoms with Crippen LogP contribution >= 0.6 is 0 Å². The largest absolute Gasteiger partial charge is 0.406 e. The van der Waals surface area contributed by atoms with Gasteiger partial charge in [0.1, 0.15) is 12.2 Å². The molecule has 1 saturated heterocycles. The number of aliphatic hydroxyl groups is 1. The number of imidazole rings is 2. The summed E-state index contributed by atoms with van der Waals surface area (Å²) in [5.41, 5.74) is 1.65. The van der Waals surface area contributed by atoms with Gasteiger partial charge in [0.25, 0.3) is 5.56 Å². The molecule has 3 aromatic heterocycles. The van der Waals surface area contributed by atoms with E-state index in [-0.39, 0.29) is 11.7 Å². The van der Waals surface area contributed by atoms with E-state index >= 15 is 0 Å². The molecular weight excluding hydrogens is 426 g/mol. The van der Waals surface area contributed by atoms with Crippen molar-refractivity contribution in [1.29, 1.82) is 0 Å². The average Bonchev–Trinajstić information content (AvgIpc) is 3.42. The summed E-state index contributed by atoms with van der Waals surface area (Å²) in [5, 5.41) is 11.3. The fourth-order valence-corrected chi connectivity index (χ4v) is 11.3. The monoisotopic (exact) mass is 461 g/mol. The Balaban J connectivity index is 1.87. The maximum atomic E-state index is 12.6. The van der Waals surface area contributed by atoms with E-state index in [1.807, 2.05) is 11.5 Å². The summed E-state index contributed by atoms with van der Waals surface area (Å²) in [4.78, 5) is 23.9. The molecule has 1 fully saturated rings. The van der Waals surface area contributed by atoms with E-state index in [1.165, 1.54) is 0 Å². The number of aromatic nitrogens is 5. The SMILES string of the molecule is CC[C@H]1O[C@@H](n2cnc3c(=O)[nH]c4nccn4c32)[C@H](O[Si](C(C)C)(C(C)C)C(C)C)[C@@H]1O. The number of nitrogens with zero attached hydrogens (tertiary/aromatic N) is 4. The van der Waals surface area contributed by atoms with E-state index < -0.39 is 26.8 Å². The Bertz CT molecular complexity index is 1130. The van der Waals surface area contributed by atoms with Crippen molar-refractivity contribution in [3.8, 4) is 0 Å². The minimum absolute atomic E-state index is 0.298. The fourth-order valence-electron chi connectivity index (χ4n) is 5.72. The molecule has 0 radical (unpaired) electrons. The quantitative estimate of drug-likeness (QED) is 0.521. The van der Waals surface area contributed by atoms with Crippen molar-refractivity contribution < 1.29 is 14.3 Å². The predicted molar refractivity (Wildman–Crippen MR) is 125 cm³/mol. The molecule has 4 atom stereocenters. The van der Waals surface area contributed by atoms with Crippen LogP contribution in [0.2, 0.25) is 16.6 Å². The molecule has 4 rings (SSSR count). The van der Waals surface area contributed by atoms with Crippen LogP contribution in [0.4, 0.5) is 0 Å². The number of hydrogen-bond donors (Lipinski definition) is 2. The van der Waals surface area contributed by atoms with Crippen LogP contribution in [0.3, 0.4) is 0 Å². The first kappa shape index (κ1) is 23.2. The van der Waals surface area contributed by atoms with E-state index in [1.54, 1.807) is 23.1 Å². The topological polar surface area (TPSA) is 107 Å². The van der Waals surface area contributed by atoms with Crippen LogP contribution in [0.25, 0.3) is 16.9 Å². The van der Waals surface area contributed by atoms with Gasteiger partial charge in [0, 0.05) is 12.4 Å².